The monoisotopic (exact) mass is 521 g/mol. The summed E-state index contributed by atoms with van der Waals surface area (Å²) in [5, 5.41) is 0. The van der Waals surface area contributed by atoms with Crippen molar-refractivity contribution in [1.29, 1.82) is 0 Å². The van der Waals surface area contributed by atoms with Gasteiger partial charge in [-0.05, 0) is 11.8 Å². The van der Waals surface area contributed by atoms with Crippen LogP contribution in [0.25, 0.3) is 0 Å². The molecule has 0 spiro atoms. The summed E-state index contributed by atoms with van der Waals surface area (Å²) < 4.78 is 0. The van der Waals surface area contributed by atoms with E-state index in [1.54, 1.807) is 0 Å². The van der Waals surface area contributed by atoms with E-state index in [0.29, 0.717) is 0 Å². The van der Waals surface area contributed by atoms with Crippen LogP contribution in [0.1, 0.15) is 227 Å². The van der Waals surface area contributed by atoms with Gasteiger partial charge < -0.3 is 0 Å². The molecule has 0 saturated carbocycles. The Bertz CT molecular complexity index is 349. The molecule has 0 amide bonds. The van der Waals surface area contributed by atoms with Crippen LogP contribution in [0.15, 0.2) is 0 Å². The largest absolute Gasteiger partial charge is 0.0654 e. The van der Waals surface area contributed by atoms with Crippen LogP contribution < -0.4 is 0 Å². The molecule has 224 valence electrons. The fourth-order valence-electron chi connectivity index (χ4n) is 6.12. The zero-order valence-electron chi connectivity index (χ0n) is 27.1. The van der Waals surface area contributed by atoms with Gasteiger partial charge in [0.25, 0.3) is 0 Å². The molecule has 0 radical (unpaired) electrons. The van der Waals surface area contributed by atoms with Crippen molar-refractivity contribution in [3.05, 3.63) is 0 Å². The highest BCUT2D eigenvalue weighted by Crippen LogP contribution is 2.21. The van der Waals surface area contributed by atoms with E-state index < -0.39 is 0 Å². The second kappa shape index (κ2) is 32.2. The molecule has 0 heterocycles. The lowest BCUT2D eigenvalue weighted by Crippen LogP contribution is -1.96. The summed E-state index contributed by atoms with van der Waals surface area (Å²) in [5.74, 6) is 1.93. The third-order valence-corrected chi connectivity index (χ3v) is 8.99. The predicted octanol–water partition coefficient (Wildman–Crippen LogP) is 14.4. The average Bonchev–Trinajstić information content (AvgIpc) is 2.89. The van der Waals surface area contributed by atoms with Gasteiger partial charge in [0.05, 0.1) is 0 Å². The van der Waals surface area contributed by atoms with Gasteiger partial charge in [-0.3, -0.25) is 0 Å². The van der Waals surface area contributed by atoms with Crippen LogP contribution >= 0.6 is 0 Å². The van der Waals surface area contributed by atoms with Crippen molar-refractivity contribution < 1.29 is 0 Å². The second-order valence-electron chi connectivity index (χ2n) is 13.2. The Morgan fingerprint density at radius 3 is 0.595 bits per heavy atom. The van der Waals surface area contributed by atoms with Crippen molar-refractivity contribution in [2.45, 2.75) is 227 Å². The lowest BCUT2D eigenvalue weighted by Gasteiger charge is -2.12. The van der Waals surface area contributed by atoms with Crippen molar-refractivity contribution >= 4 is 0 Å². The van der Waals surface area contributed by atoms with Gasteiger partial charge >= 0.3 is 0 Å². The normalized spacial score (nSPS) is 13.3. The Labute approximate surface area is 238 Å². The van der Waals surface area contributed by atoms with E-state index in [0.717, 1.165) is 11.8 Å². The molecule has 0 aliphatic rings. The summed E-state index contributed by atoms with van der Waals surface area (Å²) in [5.41, 5.74) is 0. The van der Waals surface area contributed by atoms with Crippen LogP contribution in [0.5, 0.6) is 0 Å². The average molecular weight is 521 g/mol. The minimum atomic E-state index is 0.964. The maximum absolute atomic E-state index is 2.50. The Hall–Kier alpha value is 0. The SMILES string of the molecule is CCCCCCCCCCCC[C@H](C)CCCCCCCCC[C@@H](C)CCCCCCCCCCCC. The number of unbranched alkanes of at least 4 members (excludes halogenated alkanes) is 24. The molecule has 37 heavy (non-hydrogen) atoms. The minimum Gasteiger partial charge on any atom is -0.0654 e. The van der Waals surface area contributed by atoms with Crippen molar-refractivity contribution in [3.8, 4) is 0 Å². The van der Waals surface area contributed by atoms with Gasteiger partial charge in [-0.25, -0.2) is 0 Å². The highest BCUT2D eigenvalue weighted by molar-refractivity contribution is 4.58. The summed E-state index contributed by atoms with van der Waals surface area (Å²) in [4.78, 5) is 0. The smallest absolute Gasteiger partial charge is 0.0443 e. The standard InChI is InChI=1S/C37H76/c1-5-7-9-11-13-15-17-20-24-28-32-36(3)34-30-26-22-19-23-27-31-35-37(4)33-29-25-21-18-16-14-12-10-8-6-2/h36-37H,5-35H2,1-4H3/t36-,37-/m0/s1. The Morgan fingerprint density at radius 1 is 0.243 bits per heavy atom. The topological polar surface area (TPSA) is 0 Å². The first kappa shape index (κ1) is 37.0. The second-order valence-corrected chi connectivity index (χ2v) is 13.2. The quantitative estimate of drug-likeness (QED) is 0.0773. The fraction of sp³-hybridized carbons (Fsp3) is 1.00. The molecule has 0 aromatic carbocycles. The van der Waals surface area contributed by atoms with Crippen molar-refractivity contribution in [1.82, 2.24) is 0 Å². The molecule has 0 rings (SSSR count). The van der Waals surface area contributed by atoms with Crippen LogP contribution in [0.2, 0.25) is 0 Å². The molecule has 0 fully saturated rings. The zero-order chi connectivity index (χ0) is 27.1. The number of rotatable bonds is 32. The minimum absolute atomic E-state index is 0.964. The van der Waals surface area contributed by atoms with E-state index in [9.17, 15) is 0 Å². The molecule has 0 heteroatoms. The third-order valence-electron chi connectivity index (χ3n) is 8.99. The van der Waals surface area contributed by atoms with Crippen molar-refractivity contribution in [2.24, 2.45) is 11.8 Å². The molecule has 2 atom stereocenters. The third kappa shape index (κ3) is 32.1. The first-order valence-corrected chi connectivity index (χ1v) is 18.2. The van der Waals surface area contributed by atoms with E-state index in [1.165, 1.54) is 199 Å². The molecular formula is C37H76. The first-order chi connectivity index (χ1) is 18.2. The number of hydrogen-bond acceptors (Lipinski definition) is 0. The zero-order valence-corrected chi connectivity index (χ0v) is 27.1. The first-order valence-electron chi connectivity index (χ1n) is 18.2. The number of hydrogen-bond donors (Lipinski definition) is 0. The molecule has 0 unspecified atom stereocenters. The van der Waals surface area contributed by atoms with E-state index in [-0.39, 0.29) is 0 Å². The Kier molecular flexibility index (Phi) is 32.2. The molecule has 0 nitrogen and oxygen atoms in total. The maximum Gasteiger partial charge on any atom is -0.0443 e. The predicted molar refractivity (Wildman–Crippen MR) is 173 cm³/mol. The molecular weight excluding hydrogens is 444 g/mol. The van der Waals surface area contributed by atoms with Crippen molar-refractivity contribution in [3.63, 3.8) is 0 Å². The van der Waals surface area contributed by atoms with Crippen LogP contribution in [0.4, 0.5) is 0 Å². The molecule has 0 aliphatic heterocycles. The molecule has 0 N–H and O–H groups in total. The highest BCUT2D eigenvalue weighted by atomic mass is 14.1. The summed E-state index contributed by atoms with van der Waals surface area (Å²) in [6.07, 6.45) is 45.6. The van der Waals surface area contributed by atoms with Gasteiger partial charge in [0.1, 0.15) is 0 Å². The summed E-state index contributed by atoms with van der Waals surface area (Å²) >= 11 is 0. The van der Waals surface area contributed by atoms with Gasteiger partial charge in [0, 0.05) is 0 Å². The van der Waals surface area contributed by atoms with E-state index in [4.69, 9.17) is 0 Å². The summed E-state index contributed by atoms with van der Waals surface area (Å²) in [6, 6.07) is 0. The lowest BCUT2D eigenvalue weighted by molar-refractivity contribution is 0.421. The molecule has 0 aliphatic carbocycles. The highest BCUT2D eigenvalue weighted by Gasteiger charge is 2.04. The molecule has 0 saturated heterocycles. The van der Waals surface area contributed by atoms with E-state index >= 15 is 0 Å². The van der Waals surface area contributed by atoms with Gasteiger partial charge in [0.2, 0.25) is 0 Å². The summed E-state index contributed by atoms with van der Waals surface area (Å²) in [6.45, 7) is 9.63. The summed E-state index contributed by atoms with van der Waals surface area (Å²) in [7, 11) is 0. The lowest BCUT2D eigenvalue weighted by atomic mass is 9.95. The fourth-order valence-corrected chi connectivity index (χ4v) is 6.12. The molecule has 0 bridgehead atoms. The molecule has 0 aromatic heterocycles. The van der Waals surface area contributed by atoms with Crippen molar-refractivity contribution in [2.75, 3.05) is 0 Å². The van der Waals surface area contributed by atoms with E-state index in [1.807, 2.05) is 0 Å². The van der Waals surface area contributed by atoms with Crippen LogP contribution in [0, 0.1) is 11.8 Å². The van der Waals surface area contributed by atoms with Gasteiger partial charge in [-0.15, -0.1) is 0 Å². The van der Waals surface area contributed by atoms with Gasteiger partial charge in [-0.1, -0.05) is 227 Å². The van der Waals surface area contributed by atoms with Crippen LogP contribution in [-0.2, 0) is 0 Å². The van der Waals surface area contributed by atoms with E-state index in [2.05, 4.69) is 27.7 Å². The van der Waals surface area contributed by atoms with Crippen LogP contribution in [-0.4, -0.2) is 0 Å². The Balaban J connectivity index is 3.23. The Morgan fingerprint density at radius 2 is 0.405 bits per heavy atom. The maximum atomic E-state index is 2.50. The molecule has 0 aromatic rings. The van der Waals surface area contributed by atoms with Crippen LogP contribution in [0.3, 0.4) is 0 Å². The van der Waals surface area contributed by atoms with Gasteiger partial charge in [-0.2, -0.15) is 0 Å². The van der Waals surface area contributed by atoms with Gasteiger partial charge in [0.15, 0.2) is 0 Å².